The SMILES string of the molecule is CCCCC[C@H](O)/C=C/C=C\CCCCCCCC(=O)NNC(=O)CCCC[C@H]1SC[C@@H]2NC(=O)N[C@@H]21. The highest BCUT2D eigenvalue weighted by molar-refractivity contribution is 8.00. The van der Waals surface area contributed by atoms with Gasteiger partial charge in [-0.15, -0.1) is 0 Å². The van der Waals surface area contributed by atoms with E-state index in [1.807, 2.05) is 30.0 Å². The van der Waals surface area contributed by atoms with Gasteiger partial charge in [0.25, 0.3) is 0 Å². The molecule has 2 aliphatic heterocycles. The third-order valence-electron chi connectivity index (χ3n) is 6.88. The van der Waals surface area contributed by atoms with Crippen LogP contribution in [0.1, 0.15) is 103 Å². The molecule has 8 nitrogen and oxygen atoms in total. The van der Waals surface area contributed by atoms with Gasteiger partial charge in [0.2, 0.25) is 11.8 Å². The molecule has 2 fully saturated rings. The topological polar surface area (TPSA) is 120 Å². The minimum atomic E-state index is -0.335. The van der Waals surface area contributed by atoms with Crippen molar-refractivity contribution in [2.45, 2.75) is 127 Å². The zero-order chi connectivity index (χ0) is 26.7. The quantitative estimate of drug-likeness (QED) is 0.0713. The number of hydrazine groups is 1. The van der Waals surface area contributed by atoms with Gasteiger partial charge in [-0.1, -0.05) is 76.2 Å². The lowest BCUT2D eigenvalue weighted by molar-refractivity contribution is -0.129. The average Bonchev–Trinajstić information content (AvgIpc) is 3.43. The molecule has 2 heterocycles. The van der Waals surface area contributed by atoms with E-state index in [1.165, 1.54) is 12.8 Å². The molecule has 0 aliphatic carbocycles. The number of aliphatic hydroxyl groups is 1. The number of thioether (sulfide) groups is 1. The molecule has 0 aromatic carbocycles. The minimum Gasteiger partial charge on any atom is -0.389 e. The summed E-state index contributed by atoms with van der Waals surface area (Å²) in [6, 6.07) is 0.366. The zero-order valence-electron chi connectivity index (χ0n) is 22.5. The summed E-state index contributed by atoms with van der Waals surface area (Å²) < 4.78 is 0. The van der Waals surface area contributed by atoms with Gasteiger partial charge in [0.1, 0.15) is 0 Å². The highest BCUT2D eigenvalue weighted by Crippen LogP contribution is 2.33. The summed E-state index contributed by atoms with van der Waals surface area (Å²) in [5, 5.41) is 16.2. The van der Waals surface area contributed by atoms with Crippen LogP contribution in [0.4, 0.5) is 4.79 Å². The van der Waals surface area contributed by atoms with E-state index in [-0.39, 0.29) is 36.0 Å². The molecule has 0 spiro atoms. The van der Waals surface area contributed by atoms with E-state index in [9.17, 15) is 19.5 Å². The van der Waals surface area contributed by atoms with Crippen molar-refractivity contribution in [3.8, 4) is 0 Å². The van der Waals surface area contributed by atoms with Gasteiger partial charge >= 0.3 is 6.03 Å². The second-order valence-corrected chi connectivity index (χ2v) is 11.4. The highest BCUT2D eigenvalue weighted by Gasteiger charge is 2.42. The molecule has 210 valence electrons. The number of rotatable bonds is 19. The summed E-state index contributed by atoms with van der Waals surface area (Å²) in [5.74, 6) is 0.648. The molecule has 0 unspecified atom stereocenters. The average molecular weight is 537 g/mol. The maximum atomic E-state index is 12.0. The van der Waals surface area contributed by atoms with Crippen LogP contribution in [0.5, 0.6) is 0 Å². The maximum Gasteiger partial charge on any atom is 0.315 e. The Kier molecular flexibility index (Phi) is 16.1. The van der Waals surface area contributed by atoms with Gasteiger partial charge in [-0.2, -0.15) is 11.8 Å². The van der Waals surface area contributed by atoms with E-state index in [0.717, 1.165) is 76.4 Å². The summed E-state index contributed by atoms with van der Waals surface area (Å²) in [6.07, 6.45) is 21.6. The summed E-state index contributed by atoms with van der Waals surface area (Å²) in [4.78, 5) is 35.3. The Morgan fingerprint density at radius 3 is 2.43 bits per heavy atom. The Morgan fingerprint density at radius 2 is 1.68 bits per heavy atom. The Labute approximate surface area is 227 Å². The fourth-order valence-electron chi connectivity index (χ4n) is 4.68. The lowest BCUT2D eigenvalue weighted by Crippen LogP contribution is -2.41. The van der Waals surface area contributed by atoms with Gasteiger partial charge in [0.15, 0.2) is 0 Å². The Bertz CT molecular complexity index is 746. The van der Waals surface area contributed by atoms with Crippen LogP contribution in [-0.4, -0.2) is 52.1 Å². The molecular weight excluding hydrogens is 488 g/mol. The molecule has 5 N–H and O–H groups in total. The first-order valence-corrected chi connectivity index (χ1v) is 15.3. The Morgan fingerprint density at radius 1 is 0.973 bits per heavy atom. The smallest absolute Gasteiger partial charge is 0.315 e. The second kappa shape index (κ2) is 19.1. The van der Waals surface area contributed by atoms with Crippen molar-refractivity contribution in [2.75, 3.05) is 5.75 Å². The van der Waals surface area contributed by atoms with Gasteiger partial charge in [-0.25, -0.2) is 4.79 Å². The van der Waals surface area contributed by atoms with Crippen LogP contribution in [0, 0.1) is 0 Å². The van der Waals surface area contributed by atoms with Gasteiger partial charge in [-0.3, -0.25) is 20.4 Å². The molecule has 2 aliphatic rings. The monoisotopic (exact) mass is 536 g/mol. The van der Waals surface area contributed by atoms with Crippen molar-refractivity contribution in [3.05, 3.63) is 24.3 Å². The predicted molar refractivity (Wildman–Crippen MR) is 151 cm³/mol. The molecule has 9 heteroatoms. The minimum absolute atomic E-state index is 0.0714. The fraction of sp³-hybridized carbons (Fsp3) is 0.750. The van der Waals surface area contributed by atoms with E-state index in [2.05, 4.69) is 34.5 Å². The van der Waals surface area contributed by atoms with Crippen molar-refractivity contribution in [2.24, 2.45) is 0 Å². The van der Waals surface area contributed by atoms with E-state index in [4.69, 9.17) is 0 Å². The summed E-state index contributed by atoms with van der Waals surface area (Å²) in [7, 11) is 0. The first kappa shape index (κ1) is 31.2. The molecule has 4 amide bonds. The summed E-state index contributed by atoms with van der Waals surface area (Å²) >= 11 is 1.88. The van der Waals surface area contributed by atoms with Crippen LogP contribution in [0.15, 0.2) is 24.3 Å². The van der Waals surface area contributed by atoms with Crippen LogP contribution >= 0.6 is 11.8 Å². The third kappa shape index (κ3) is 13.9. The van der Waals surface area contributed by atoms with E-state index < -0.39 is 0 Å². The number of fused-ring (bicyclic) bond motifs is 1. The molecule has 2 saturated heterocycles. The number of hydrogen-bond donors (Lipinski definition) is 5. The molecule has 2 rings (SSSR count). The largest absolute Gasteiger partial charge is 0.389 e. The molecule has 0 bridgehead atoms. The van der Waals surface area contributed by atoms with Crippen LogP contribution in [0.3, 0.4) is 0 Å². The Balaban J connectivity index is 1.36. The van der Waals surface area contributed by atoms with Gasteiger partial charge < -0.3 is 15.7 Å². The zero-order valence-corrected chi connectivity index (χ0v) is 23.3. The number of nitrogens with one attached hydrogen (secondary N) is 4. The summed E-state index contributed by atoms with van der Waals surface area (Å²) in [5.41, 5.74) is 5.04. The maximum absolute atomic E-state index is 12.0. The molecule has 0 aromatic rings. The number of allylic oxidation sites excluding steroid dienone is 3. The second-order valence-electron chi connectivity index (χ2n) is 10.1. The molecule has 37 heavy (non-hydrogen) atoms. The number of amides is 4. The van der Waals surface area contributed by atoms with Crippen LogP contribution in [-0.2, 0) is 9.59 Å². The van der Waals surface area contributed by atoms with Crippen molar-refractivity contribution < 1.29 is 19.5 Å². The summed E-state index contributed by atoms with van der Waals surface area (Å²) in [6.45, 7) is 2.16. The number of carbonyl (C=O) groups is 3. The van der Waals surface area contributed by atoms with Crippen molar-refractivity contribution >= 4 is 29.6 Å². The Hall–Kier alpha value is -2.00. The van der Waals surface area contributed by atoms with Crippen molar-refractivity contribution in [1.29, 1.82) is 0 Å². The standard InChI is InChI=1S/C28H48N4O4S/c1-2-3-11-16-22(33)17-12-9-7-5-4-6-8-10-13-19-25(34)31-32-26(35)20-15-14-18-24-27-23(21-37-24)29-28(36)30-27/h7,9,12,17,22-24,27,33H,2-6,8,10-11,13-16,18-21H2,1H3,(H,31,34)(H,32,35)(H2,29,30,36)/b9-7-,17-12+/t22-,23-,24+,27-/m0/s1. The lowest BCUT2D eigenvalue weighted by Gasteiger charge is -2.16. The number of carbonyl (C=O) groups excluding carboxylic acids is 3. The molecular formula is C28H48N4O4S. The number of urea groups is 1. The van der Waals surface area contributed by atoms with Crippen molar-refractivity contribution in [1.82, 2.24) is 21.5 Å². The van der Waals surface area contributed by atoms with Gasteiger partial charge in [0, 0.05) is 23.8 Å². The number of aliphatic hydroxyl groups excluding tert-OH is 1. The molecule has 4 atom stereocenters. The number of unbranched alkanes of at least 4 members (excludes halogenated alkanes) is 8. The molecule has 0 saturated carbocycles. The lowest BCUT2D eigenvalue weighted by atomic mass is 10.0. The van der Waals surface area contributed by atoms with E-state index in [0.29, 0.717) is 18.1 Å². The van der Waals surface area contributed by atoms with E-state index >= 15 is 0 Å². The first-order chi connectivity index (χ1) is 18.0. The van der Waals surface area contributed by atoms with Gasteiger partial charge in [0.05, 0.1) is 18.2 Å². The third-order valence-corrected chi connectivity index (χ3v) is 8.39. The normalized spacial score (nSPS) is 21.7. The van der Waals surface area contributed by atoms with Crippen LogP contribution in [0.25, 0.3) is 0 Å². The van der Waals surface area contributed by atoms with E-state index in [1.54, 1.807) is 0 Å². The number of hydrogen-bond acceptors (Lipinski definition) is 5. The molecule has 0 aromatic heterocycles. The van der Waals surface area contributed by atoms with Crippen LogP contribution in [0.2, 0.25) is 0 Å². The fourth-order valence-corrected chi connectivity index (χ4v) is 6.23. The molecule has 0 radical (unpaired) electrons. The van der Waals surface area contributed by atoms with Gasteiger partial charge in [-0.05, 0) is 38.5 Å². The highest BCUT2D eigenvalue weighted by atomic mass is 32.2. The van der Waals surface area contributed by atoms with Crippen molar-refractivity contribution in [3.63, 3.8) is 0 Å². The first-order valence-electron chi connectivity index (χ1n) is 14.3. The van der Waals surface area contributed by atoms with Crippen LogP contribution < -0.4 is 21.5 Å². The predicted octanol–water partition coefficient (Wildman–Crippen LogP) is 4.64.